The Balaban J connectivity index is 1.67. The molecule has 7 nitrogen and oxygen atoms in total. The summed E-state index contributed by atoms with van der Waals surface area (Å²) in [4.78, 5) is 15.0. The van der Waals surface area contributed by atoms with Crippen LogP contribution in [0, 0.1) is 13.8 Å². The van der Waals surface area contributed by atoms with Gasteiger partial charge in [-0.15, -0.1) is 0 Å². The summed E-state index contributed by atoms with van der Waals surface area (Å²) in [7, 11) is 0. The van der Waals surface area contributed by atoms with Gasteiger partial charge in [0.1, 0.15) is 0 Å². The molecule has 0 bridgehead atoms. The molecule has 1 aromatic heterocycles. The van der Waals surface area contributed by atoms with E-state index in [0.29, 0.717) is 5.95 Å². The average Bonchev–Trinajstić information content (AvgIpc) is 2.55. The summed E-state index contributed by atoms with van der Waals surface area (Å²) in [6.45, 7) is 7.19. The van der Waals surface area contributed by atoms with Crippen molar-refractivity contribution in [3.8, 4) is 0 Å². The molecule has 2 aromatic rings. The molecule has 2 heterocycles. The van der Waals surface area contributed by atoms with E-state index >= 15 is 0 Å². The van der Waals surface area contributed by atoms with Gasteiger partial charge in [0.2, 0.25) is 5.96 Å². The molecule has 3 N–H and O–H groups in total. The molecule has 0 atom stereocenters. The van der Waals surface area contributed by atoms with Crippen molar-refractivity contribution in [1.82, 2.24) is 9.97 Å². The molecule has 1 saturated heterocycles. The standard InChI is InChI=1S/C17H22N6O/c1-12-11-13(2)20-17(19-12)22-16(18)21-14-3-5-15(6-4-14)23-7-9-24-10-8-23/h3-6,11H,7-10H2,1-2H3,(H3,18,19,20,21,22). The van der Waals surface area contributed by atoms with Gasteiger partial charge in [0.15, 0.2) is 0 Å². The Hall–Kier alpha value is -2.67. The quantitative estimate of drug-likeness (QED) is 0.662. The fourth-order valence-electron chi connectivity index (χ4n) is 2.62. The molecule has 0 spiro atoms. The minimum Gasteiger partial charge on any atom is -0.378 e. The lowest BCUT2D eigenvalue weighted by atomic mass is 10.2. The van der Waals surface area contributed by atoms with E-state index in [4.69, 9.17) is 10.5 Å². The molecule has 0 aliphatic carbocycles. The first-order chi connectivity index (χ1) is 11.6. The van der Waals surface area contributed by atoms with Crippen molar-refractivity contribution < 1.29 is 4.74 Å². The number of hydrogen-bond acceptors (Lipinski definition) is 5. The highest BCUT2D eigenvalue weighted by Gasteiger charge is 2.10. The number of morpholine rings is 1. The zero-order valence-electron chi connectivity index (χ0n) is 14.0. The summed E-state index contributed by atoms with van der Waals surface area (Å²) in [6.07, 6.45) is 0. The number of rotatable bonds is 3. The molecule has 1 aliphatic rings. The van der Waals surface area contributed by atoms with Crippen LogP contribution in [0.5, 0.6) is 0 Å². The van der Waals surface area contributed by atoms with Crippen molar-refractivity contribution in [3.63, 3.8) is 0 Å². The van der Waals surface area contributed by atoms with Gasteiger partial charge in [-0.3, -0.25) is 0 Å². The van der Waals surface area contributed by atoms with E-state index in [9.17, 15) is 0 Å². The van der Waals surface area contributed by atoms with Crippen LogP contribution in [0.2, 0.25) is 0 Å². The highest BCUT2D eigenvalue weighted by atomic mass is 16.5. The van der Waals surface area contributed by atoms with E-state index in [0.717, 1.165) is 43.4 Å². The molecule has 1 aliphatic heterocycles. The van der Waals surface area contributed by atoms with E-state index < -0.39 is 0 Å². The molecule has 3 rings (SSSR count). The summed E-state index contributed by atoms with van der Waals surface area (Å²) in [5.41, 5.74) is 9.73. The summed E-state index contributed by atoms with van der Waals surface area (Å²) in [5.74, 6) is 0.626. The number of nitrogens with zero attached hydrogens (tertiary/aromatic N) is 4. The fraction of sp³-hybridized carbons (Fsp3) is 0.353. The maximum Gasteiger partial charge on any atom is 0.253 e. The van der Waals surface area contributed by atoms with Crippen molar-refractivity contribution in [1.29, 1.82) is 0 Å². The summed E-state index contributed by atoms with van der Waals surface area (Å²) < 4.78 is 5.37. The van der Waals surface area contributed by atoms with E-state index in [1.54, 1.807) is 0 Å². The Bertz CT molecular complexity index is 702. The van der Waals surface area contributed by atoms with Crippen molar-refractivity contribution >= 4 is 23.3 Å². The zero-order chi connectivity index (χ0) is 16.9. The first kappa shape index (κ1) is 16.2. The number of aromatic nitrogens is 2. The van der Waals surface area contributed by atoms with Crippen LogP contribution in [0.15, 0.2) is 35.3 Å². The van der Waals surface area contributed by atoms with Crippen LogP contribution in [0.3, 0.4) is 0 Å². The van der Waals surface area contributed by atoms with Gasteiger partial charge in [0, 0.05) is 35.9 Å². The molecule has 0 radical (unpaired) electrons. The number of guanidine groups is 1. The largest absolute Gasteiger partial charge is 0.378 e. The normalized spacial score (nSPS) is 15.4. The van der Waals surface area contributed by atoms with Crippen LogP contribution in [-0.4, -0.2) is 42.2 Å². The van der Waals surface area contributed by atoms with Gasteiger partial charge in [-0.25, -0.2) is 9.97 Å². The van der Waals surface area contributed by atoms with Crippen molar-refractivity contribution in [3.05, 3.63) is 41.7 Å². The first-order valence-corrected chi connectivity index (χ1v) is 7.96. The highest BCUT2D eigenvalue weighted by Crippen LogP contribution is 2.19. The Morgan fingerprint density at radius 3 is 2.38 bits per heavy atom. The minimum absolute atomic E-state index is 0.263. The van der Waals surface area contributed by atoms with Crippen molar-refractivity contribution in [2.24, 2.45) is 10.7 Å². The highest BCUT2D eigenvalue weighted by molar-refractivity contribution is 5.93. The van der Waals surface area contributed by atoms with Gasteiger partial charge in [-0.2, -0.15) is 4.99 Å². The number of anilines is 2. The number of nitrogens with two attached hydrogens (primary N) is 1. The number of aryl methyl sites for hydroxylation is 2. The lowest BCUT2D eigenvalue weighted by molar-refractivity contribution is 0.122. The van der Waals surface area contributed by atoms with Crippen LogP contribution in [0.4, 0.5) is 17.3 Å². The number of hydrogen-bond donors (Lipinski definition) is 2. The Kier molecular flexibility index (Phi) is 4.90. The summed E-state index contributed by atoms with van der Waals surface area (Å²) >= 11 is 0. The maximum atomic E-state index is 5.95. The summed E-state index contributed by atoms with van der Waals surface area (Å²) in [5, 5.41) is 3.06. The van der Waals surface area contributed by atoms with Gasteiger partial charge in [0.25, 0.3) is 5.95 Å². The predicted octanol–water partition coefficient (Wildman–Crippen LogP) is 1.99. The van der Waals surface area contributed by atoms with Gasteiger partial charge < -0.3 is 20.7 Å². The molecule has 1 fully saturated rings. The smallest absolute Gasteiger partial charge is 0.253 e. The fourth-order valence-corrected chi connectivity index (χ4v) is 2.62. The molecule has 7 heteroatoms. The van der Waals surface area contributed by atoms with Crippen molar-refractivity contribution in [2.75, 3.05) is 36.5 Å². The number of benzene rings is 1. The third kappa shape index (κ3) is 4.20. The van der Waals surface area contributed by atoms with Crippen molar-refractivity contribution in [2.45, 2.75) is 13.8 Å². The second kappa shape index (κ2) is 7.27. The number of nitrogens with one attached hydrogen (secondary N) is 1. The van der Waals surface area contributed by atoms with E-state index in [-0.39, 0.29) is 5.96 Å². The molecule has 24 heavy (non-hydrogen) atoms. The van der Waals surface area contributed by atoms with Gasteiger partial charge in [-0.1, -0.05) is 0 Å². The van der Waals surface area contributed by atoms with E-state index in [1.807, 2.05) is 32.0 Å². The average molecular weight is 326 g/mol. The van der Waals surface area contributed by atoms with Crippen LogP contribution in [-0.2, 0) is 4.74 Å². The third-order valence-corrected chi connectivity index (χ3v) is 3.71. The predicted molar refractivity (Wildman–Crippen MR) is 95.9 cm³/mol. The lowest BCUT2D eigenvalue weighted by Crippen LogP contribution is -2.36. The van der Waals surface area contributed by atoms with Crippen LogP contribution in [0.25, 0.3) is 0 Å². The van der Waals surface area contributed by atoms with Crippen LogP contribution in [0.1, 0.15) is 11.4 Å². The Morgan fingerprint density at radius 2 is 1.75 bits per heavy atom. The maximum absolute atomic E-state index is 5.95. The molecular weight excluding hydrogens is 304 g/mol. The second-order valence-corrected chi connectivity index (χ2v) is 5.72. The Labute approximate surface area is 141 Å². The topological polar surface area (TPSA) is 88.7 Å². The molecular formula is C17H22N6O. The summed E-state index contributed by atoms with van der Waals surface area (Å²) in [6, 6.07) is 9.99. The second-order valence-electron chi connectivity index (χ2n) is 5.72. The van der Waals surface area contributed by atoms with Gasteiger partial charge in [0.05, 0.1) is 13.2 Å². The zero-order valence-corrected chi connectivity index (χ0v) is 14.0. The third-order valence-electron chi connectivity index (χ3n) is 3.71. The van der Waals surface area contributed by atoms with Crippen LogP contribution >= 0.6 is 0 Å². The molecule has 0 saturated carbocycles. The van der Waals surface area contributed by atoms with Crippen LogP contribution < -0.4 is 16.0 Å². The SMILES string of the molecule is Cc1cc(C)nc(/N=C(\N)Nc2ccc(N3CCOCC3)cc2)n1. The Morgan fingerprint density at radius 1 is 1.12 bits per heavy atom. The number of ether oxygens (including phenoxy) is 1. The minimum atomic E-state index is 0.263. The molecule has 0 amide bonds. The lowest BCUT2D eigenvalue weighted by Gasteiger charge is -2.28. The monoisotopic (exact) mass is 326 g/mol. The molecule has 0 unspecified atom stereocenters. The first-order valence-electron chi connectivity index (χ1n) is 7.96. The van der Waals surface area contributed by atoms with Gasteiger partial charge in [-0.05, 0) is 44.2 Å². The molecule has 126 valence electrons. The van der Waals surface area contributed by atoms with E-state index in [1.165, 1.54) is 5.69 Å². The number of aliphatic imine (C=N–C) groups is 1. The molecule has 1 aromatic carbocycles. The van der Waals surface area contributed by atoms with Gasteiger partial charge >= 0.3 is 0 Å². The van der Waals surface area contributed by atoms with E-state index in [2.05, 4.69) is 37.3 Å².